The highest BCUT2D eigenvalue weighted by Gasteiger charge is 2.15. The summed E-state index contributed by atoms with van der Waals surface area (Å²) in [7, 11) is 0. The first-order chi connectivity index (χ1) is 9.63. The minimum absolute atomic E-state index is 0.267. The van der Waals surface area contributed by atoms with Crippen LogP contribution in [0.2, 0.25) is 5.02 Å². The van der Waals surface area contributed by atoms with Gasteiger partial charge >= 0.3 is 0 Å². The van der Waals surface area contributed by atoms with E-state index in [0.717, 1.165) is 17.8 Å². The molecule has 0 fully saturated rings. The van der Waals surface area contributed by atoms with Gasteiger partial charge in [-0.2, -0.15) is 0 Å². The predicted molar refractivity (Wildman–Crippen MR) is 81.5 cm³/mol. The molecule has 1 aromatic heterocycles. The number of nitrogens with two attached hydrogens (primary N) is 1. The number of anilines is 1. The van der Waals surface area contributed by atoms with Gasteiger partial charge in [-0.05, 0) is 42.0 Å². The molecule has 1 aromatic carbocycles. The molecule has 2 N–H and O–H groups in total. The highest BCUT2D eigenvalue weighted by Crippen LogP contribution is 2.27. The van der Waals surface area contributed by atoms with E-state index in [1.54, 1.807) is 6.07 Å². The first kappa shape index (κ1) is 14.8. The molecule has 5 nitrogen and oxygen atoms in total. The highest BCUT2D eigenvalue weighted by atomic mass is 35.5. The molecule has 0 aliphatic heterocycles. The monoisotopic (exact) mass is 293 g/mol. The highest BCUT2D eigenvalue weighted by molar-refractivity contribution is 6.33. The van der Waals surface area contributed by atoms with Crippen molar-refractivity contribution in [3.8, 4) is 11.4 Å². The average molecular weight is 294 g/mol. The summed E-state index contributed by atoms with van der Waals surface area (Å²) < 4.78 is 1.86. The summed E-state index contributed by atoms with van der Waals surface area (Å²) in [6.45, 7) is 4.33. The summed E-state index contributed by atoms with van der Waals surface area (Å²) in [6.07, 6.45) is 4.69. The summed E-state index contributed by atoms with van der Waals surface area (Å²) in [5.41, 5.74) is 7.27. The van der Waals surface area contributed by atoms with E-state index in [1.165, 1.54) is 19.3 Å². The fraction of sp³-hybridized carbons (Fsp3) is 0.500. The molecule has 2 rings (SSSR count). The zero-order valence-corrected chi connectivity index (χ0v) is 12.6. The Morgan fingerprint density at radius 1 is 1.35 bits per heavy atom. The summed E-state index contributed by atoms with van der Waals surface area (Å²) in [5, 5.41) is 12.5. The quantitative estimate of drug-likeness (QED) is 0.651. The van der Waals surface area contributed by atoms with Gasteiger partial charge in [0.2, 0.25) is 0 Å². The molecule has 0 radical (unpaired) electrons. The van der Waals surface area contributed by atoms with E-state index in [2.05, 4.69) is 29.4 Å². The fourth-order valence-electron chi connectivity index (χ4n) is 2.18. The van der Waals surface area contributed by atoms with Crippen LogP contribution in [0.1, 0.15) is 45.6 Å². The van der Waals surface area contributed by atoms with Gasteiger partial charge in [-0.1, -0.05) is 37.8 Å². The summed E-state index contributed by atoms with van der Waals surface area (Å²) in [6, 6.07) is 5.74. The number of benzene rings is 1. The molecule has 20 heavy (non-hydrogen) atoms. The largest absolute Gasteiger partial charge is 0.398 e. The lowest BCUT2D eigenvalue weighted by Gasteiger charge is -2.13. The van der Waals surface area contributed by atoms with E-state index in [9.17, 15) is 0 Å². The minimum atomic E-state index is 0.267. The summed E-state index contributed by atoms with van der Waals surface area (Å²) in [4.78, 5) is 0. The number of nitrogen functional groups attached to an aromatic ring is 1. The van der Waals surface area contributed by atoms with Crippen LogP contribution >= 0.6 is 11.6 Å². The Hall–Kier alpha value is -1.62. The molecule has 0 spiro atoms. The van der Waals surface area contributed by atoms with Gasteiger partial charge in [0.05, 0.1) is 16.8 Å². The Kier molecular flexibility index (Phi) is 4.95. The van der Waals surface area contributed by atoms with Crippen LogP contribution in [0, 0.1) is 0 Å². The Bertz CT molecular complexity index is 566. The fourth-order valence-corrected chi connectivity index (χ4v) is 2.29. The molecule has 0 amide bonds. The van der Waals surface area contributed by atoms with Gasteiger partial charge in [0.15, 0.2) is 5.82 Å². The van der Waals surface area contributed by atoms with E-state index >= 15 is 0 Å². The third-order valence-corrected chi connectivity index (χ3v) is 3.73. The lowest BCUT2D eigenvalue weighted by atomic mass is 10.1. The number of hydrogen-bond acceptors (Lipinski definition) is 4. The number of tetrazole rings is 1. The maximum atomic E-state index is 5.95. The van der Waals surface area contributed by atoms with Gasteiger partial charge in [-0.25, -0.2) is 4.68 Å². The molecule has 0 bridgehead atoms. The molecule has 1 atom stereocenters. The molecule has 0 aliphatic carbocycles. The van der Waals surface area contributed by atoms with Crippen LogP contribution in [0.4, 0.5) is 5.69 Å². The maximum Gasteiger partial charge on any atom is 0.182 e. The van der Waals surface area contributed by atoms with Crippen molar-refractivity contribution in [2.75, 3.05) is 5.73 Å². The molecule has 0 aliphatic rings. The number of hydrogen-bond donors (Lipinski definition) is 1. The molecular formula is C14H20ClN5. The number of halogens is 1. The molecule has 1 unspecified atom stereocenters. The van der Waals surface area contributed by atoms with Crippen LogP contribution in [0.3, 0.4) is 0 Å². The van der Waals surface area contributed by atoms with Crippen molar-refractivity contribution in [3.63, 3.8) is 0 Å². The second-order valence-corrected chi connectivity index (χ2v) is 5.44. The van der Waals surface area contributed by atoms with Crippen LogP contribution in [0.15, 0.2) is 18.2 Å². The standard InChI is InChI=1S/C14H20ClN5/c1-3-4-5-6-10(2)20-14(17-18-19-20)11-7-8-12(15)13(16)9-11/h7-10H,3-6,16H2,1-2H3. The van der Waals surface area contributed by atoms with Crippen LogP contribution in [0.25, 0.3) is 11.4 Å². The van der Waals surface area contributed by atoms with Gasteiger partial charge in [0.1, 0.15) is 0 Å². The molecular weight excluding hydrogens is 274 g/mol. The predicted octanol–water partition coefficient (Wildman–Crippen LogP) is 3.72. The number of unbranched alkanes of at least 4 members (excludes halogenated alkanes) is 2. The minimum Gasteiger partial charge on any atom is -0.398 e. The molecule has 0 saturated heterocycles. The first-order valence-corrected chi connectivity index (χ1v) is 7.34. The van der Waals surface area contributed by atoms with Gasteiger partial charge in [-0.3, -0.25) is 0 Å². The van der Waals surface area contributed by atoms with E-state index in [-0.39, 0.29) is 6.04 Å². The Balaban J connectivity index is 2.21. The van der Waals surface area contributed by atoms with Crippen molar-refractivity contribution in [1.29, 1.82) is 0 Å². The second kappa shape index (κ2) is 6.70. The number of nitrogens with zero attached hydrogens (tertiary/aromatic N) is 4. The van der Waals surface area contributed by atoms with E-state index in [1.807, 2.05) is 16.8 Å². The van der Waals surface area contributed by atoms with Gasteiger partial charge in [0.25, 0.3) is 0 Å². The van der Waals surface area contributed by atoms with E-state index < -0.39 is 0 Å². The first-order valence-electron chi connectivity index (χ1n) is 6.96. The summed E-state index contributed by atoms with van der Waals surface area (Å²) in [5.74, 6) is 0.734. The van der Waals surface area contributed by atoms with Crippen molar-refractivity contribution in [1.82, 2.24) is 20.2 Å². The molecule has 2 aromatic rings. The van der Waals surface area contributed by atoms with Crippen molar-refractivity contribution >= 4 is 17.3 Å². The zero-order valence-electron chi connectivity index (χ0n) is 11.9. The molecule has 1 heterocycles. The normalized spacial score (nSPS) is 12.6. The number of aromatic nitrogens is 4. The van der Waals surface area contributed by atoms with Crippen LogP contribution in [0.5, 0.6) is 0 Å². The van der Waals surface area contributed by atoms with Gasteiger partial charge in [0, 0.05) is 5.56 Å². The topological polar surface area (TPSA) is 69.6 Å². The van der Waals surface area contributed by atoms with Crippen molar-refractivity contribution in [2.45, 2.75) is 45.6 Å². The van der Waals surface area contributed by atoms with Crippen molar-refractivity contribution in [2.24, 2.45) is 0 Å². The van der Waals surface area contributed by atoms with Crippen LogP contribution < -0.4 is 5.73 Å². The Morgan fingerprint density at radius 2 is 2.15 bits per heavy atom. The third-order valence-electron chi connectivity index (χ3n) is 3.39. The number of rotatable bonds is 6. The zero-order chi connectivity index (χ0) is 14.5. The lowest BCUT2D eigenvalue weighted by molar-refractivity contribution is 0.432. The van der Waals surface area contributed by atoms with Crippen molar-refractivity contribution < 1.29 is 0 Å². The lowest BCUT2D eigenvalue weighted by Crippen LogP contribution is -2.09. The van der Waals surface area contributed by atoms with Gasteiger partial charge < -0.3 is 5.73 Å². The van der Waals surface area contributed by atoms with Gasteiger partial charge in [-0.15, -0.1) is 5.10 Å². The molecule has 0 saturated carbocycles. The SMILES string of the molecule is CCCCCC(C)n1nnnc1-c1ccc(Cl)c(N)c1. The summed E-state index contributed by atoms with van der Waals surface area (Å²) >= 11 is 5.95. The smallest absolute Gasteiger partial charge is 0.182 e. The van der Waals surface area contributed by atoms with E-state index in [0.29, 0.717) is 10.7 Å². The Labute approximate surface area is 124 Å². The average Bonchev–Trinajstić information content (AvgIpc) is 2.91. The Morgan fingerprint density at radius 3 is 2.85 bits per heavy atom. The maximum absolute atomic E-state index is 5.95. The second-order valence-electron chi connectivity index (χ2n) is 5.03. The van der Waals surface area contributed by atoms with E-state index in [4.69, 9.17) is 17.3 Å². The molecule has 6 heteroatoms. The van der Waals surface area contributed by atoms with Crippen molar-refractivity contribution in [3.05, 3.63) is 23.2 Å². The van der Waals surface area contributed by atoms with Crippen LogP contribution in [-0.4, -0.2) is 20.2 Å². The third kappa shape index (κ3) is 3.28. The van der Waals surface area contributed by atoms with Crippen LogP contribution in [-0.2, 0) is 0 Å². The molecule has 108 valence electrons.